The first kappa shape index (κ1) is 70.2. The topological polar surface area (TPSA) is 191 Å². The molecule has 8 bridgehead atoms. The van der Waals surface area contributed by atoms with Crippen molar-refractivity contribution in [3.8, 4) is 23.0 Å². The zero-order valence-corrected chi connectivity index (χ0v) is 61.9. The summed E-state index contributed by atoms with van der Waals surface area (Å²) >= 11 is 0. The normalized spacial score (nSPS) is 12.3. The average Bonchev–Trinajstić information content (AvgIpc) is 0.747. The van der Waals surface area contributed by atoms with Gasteiger partial charge in [0.2, 0.25) is 5.91 Å². The highest BCUT2D eigenvalue weighted by molar-refractivity contribution is 6.30. The summed E-state index contributed by atoms with van der Waals surface area (Å²) in [5.41, 5.74) is 9.08. The van der Waals surface area contributed by atoms with E-state index in [4.69, 9.17) is 18.9 Å². The molecule has 14 heteroatoms. The Morgan fingerprint density at radius 1 is 0.300 bits per heavy atom. The SMILES string of the molecule is CCCOc1c2cc(NC(=O)CCCC(=O)O)cc1Cc1cc(NC(=O)c3ccc4ccc5cccc6ccc3c4c56)cc(c1OCCC)Cc1cc(NC(=O)c3ccc4ccc5cccc6ccc3c4c56)cc(c1OCCC)Cc1cc(NC(=O)c3ccc4ccc5cccc6ccc3c4c56)cc(c1OCCC)C2. The van der Waals surface area contributed by atoms with Gasteiger partial charge in [0.25, 0.3) is 17.7 Å². The van der Waals surface area contributed by atoms with Crippen LogP contribution in [0.5, 0.6) is 23.0 Å². The van der Waals surface area contributed by atoms with Crippen LogP contribution in [0.2, 0.25) is 0 Å². The lowest BCUT2D eigenvalue weighted by atomic mass is 9.89. The van der Waals surface area contributed by atoms with E-state index in [9.17, 15) is 14.7 Å². The van der Waals surface area contributed by atoms with E-state index >= 15 is 14.4 Å². The van der Waals surface area contributed by atoms with Gasteiger partial charge in [-0.1, -0.05) is 173 Å². The lowest BCUT2D eigenvalue weighted by Crippen LogP contribution is -2.16. The van der Waals surface area contributed by atoms with Gasteiger partial charge in [-0.3, -0.25) is 24.0 Å². The number of hydrogen-bond donors (Lipinski definition) is 5. The fourth-order valence-electron chi connectivity index (χ4n) is 16.8. The molecule has 17 rings (SSSR count). The van der Waals surface area contributed by atoms with Crippen molar-refractivity contribution in [2.75, 3.05) is 47.7 Å². The first-order valence-electron chi connectivity index (χ1n) is 38.4. The van der Waals surface area contributed by atoms with Gasteiger partial charge in [0, 0.05) is 122 Å². The average molecular weight is 1450 g/mol. The lowest BCUT2D eigenvalue weighted by molar-refractivity contribution is -0.137. The number of amides is 4. The number of benzene rings is 16. The highest BCUT2D eigenvalue weighted by atomic mass is 16.5. The summed E-state index contributed by atoms with van der Waals surface area (Å²) in [5, 5.41) is 41.4. The summed E-state index contributed by atoms with van der Waals surface area (Å²) in [6.45, 7) is 9.55. The fraction of sp³-hybridized carbons (Fsp3) is 0.198. The minimum absolute atomic E-state index is 0.0427. The number of anilines is 4. The van der Waals surface area contributed by atoms with E-state index in [0.29, 0.717) is 159 Å². The third kappa shape index (κ3) is 13.3. The second kappa shape index (κ2) is 29.7. The summed E-state index contributed by atoms with van der Waals surface area (Å²) in [7, 11) is 0. The lowest BCUT2D eigenvalue weighted by Gasteiger charge is -2.25. The maximum absolute atomic E-state index is 15.6. The maximum Gasteiger partial charge on any atom is 0.303 e. The smallest absolute Gasteiger partial charge is 0.303 e. The number of carboxylic acid groups (broad SMARTS) is 1. The van der Waals surface area contributed by atoms with E-state index in [-0.39, 0.29) is 68.6 Å². The fourth-order valence-corrected chi connectivity index (χ4v) is 16.8. The summed E-state index contributed by atoms with van der Waals surface area (Å²) in [6.07, 6.45) is 3.18. The van der Waals surface area contributed by atoms with Crippen LogP contribution in [0.1, 0.15) is 148 Å². The van der Waals surface area contributed by atoms with Crippen LogP contribution in [0.25, 0.3) is 97.0 Å². The summed E-state index contributed by atoms with van der Waals surface area (Å²) in [4.78, 5) is 72.7. The molecule has 14 nitrogen and oxygen atoms in total. The molecular weight excluding hydrogens is 1370 g/mol. The molecule has 110 heavy (non-hydrogen) atoms. The molecule has 546 valence electrons. The molecule has 0 atom stereocenters. The highest BCUT2D eigenvalue weighted by Gasteiger charge is 2.29. The number of ether oxygens (including phenoxy) is 4. The highest BCUT2D eigenvalue weighted by Crippen LogP contribution is 2.46. The van der Waals surface area contributed by atoms with Crippen molar-refractivity contribution < 1.29 is 48.0 Å². The van der Waals surface area contributed by atoms with Gasteiger partial charge in [0.1, 0.15) is 23.0 Å². The molecule has 5 N–H and O–H groups in total. The van der Waals surface area contributed by atoms with Crippen molar-refractivity contribution >= 4 is 149 Å². The number of carbonyl (C=O) groups is 5. The molecule has 1 aliphatic carbocycles. The number of hydrogen-bond acceptors (Lipinski definition) is 9. The van der Waals surface area contributed by atoms with Gasteiger partial charge >= 0.3 is 5.97 Å². The van der Waals surface area contributed by atoms with E-state index in [2.05, 4.69) is 151 Å². The van der Waals surface area contributed by atoms with Crippen LogP contribution in [0.4, 0.5) is 22.7 Å². The Bertz CT molecular complexity index is 6040. The van der Waals surface area contributed by atoms with Crippen LogP contribution in [0, 0.1) is 0 Å². The van der Waals surface area contributed by atoms with Gasteiger partial charge < -0.3 is 45.3 Å². The van der Waals surface area contributed by atoms with E-state index in [1.807, 2.05) is 110 Å². The van der Waals surface area contributed by atoms with Crippen molar-refractivity contribution in [2.45, 2.75) is 98.3 Å². The molecule has 0 heterocycles. The maximum atomic E-state index is 15.6. The molecule has 0 aliphatic heterocycles. The minimum Gasteiger partial charge on any atom is -0.493 e. The third-order valence-corrected chi connectivity index (χ3v) is 21.5. The molecule has 16 aromatic carbocycles. The third-order valence-electron chi connectivity index (χ3n) is 21.5. The zero-order valence-electron chi connectivity index (χ0n) is 61.9. The van der Waals surface area contributed by atoms with E-state index in [1.54, 1.807) is 0 Å². The number of fused-ring (bicyclic) bond motifs is 8. The standard InChI is InChI=1S/C96H82N4O10/c1-5-39-107-90-64-43-66-49-73(98-94(104)79-36-30-61-24-21-55-13-9-16-58-27-33-76(79)87(61)84(55)58)51-68(91(66)108-40-6-2)45-70-53-75(100-96(106)81-38-32-63-26-23-57-15-11-18-60-29-35-78(81)89(63)86(57)60)54-71(93(70)110-42-8-4)46-69-52-74(99-95(105)80-37-31-62-25-22-56-14-10-17-59-28-34-77(80)88(62)85(56)59)50-67(92(69)109-41-7-3)44-65(90)48-72(47-64)97-82(101)19-12-20-83(102)103/h9-11,13-18,21-38,47-54H,5-8,12,19-20,39-46H2,1-4H3,(H,97,101)(H,98,104)(H,99,105)(H,100,106)(H,102,103). The largest absolute Gasteiger partial charge is 0.493 e. The molecule has 0 saturated heterocycles. The predicted molar refractivity (Wildman–Crippen MR) is 445 cm³/mol. The molecule has 0 fully saturated rings. The second-order valence-corrected chi connectivity index (χ2v) is 29.2. The Labute approximate surface area is 636 Å². The number of aliphatic carboxylic acids is 1. The molecule has 0 radical (unpaired) electrons. The minimum atomic E-state index is -0.996. The summed E-state index contributed by atoms with van der Waals surface area (Å²) in [5.74, 6) is -0.00639. The van der Waals surface area contributed by atoms with Crippen LogP contribution in [-0.2, 0) is 35.3 Å². The Morgan fingerprint density at radius 2 is 0.536 bits per heavy atom. The second-order valence-electron chi connectivity index (χ2n) is 29.2. The van der Waals surface area contributed by atoms with Gasteiger partial charge in [0.15, 0.2) is 0 Å². The monoisotopic (exact) mass is 1450 g/mol. The van der Waals surface area contributed by atoms with Crippen molar-refractivity contribution in [3.63, 3.8) is 0 Å². The quantitative estimate of drug-likeness (QED) is 0.0385. The zero-order chi connectivity index (χ0) is 75.3. The van der Waals surface area contributed by atoms with Gasteiger partial charge in [-0.2, -0.15) is 0 Å². The molecule has 1 aliphatic rings. The first-order chi connectivity index (χ1) is 53.8. The van der Waals surface area contributed by atoms with Crippen molar-refractivity contribution in [3.05, 3.63) is 274 Å². The van der Waals surface area contributed by atoms with Gasteiger partial charge in [-0.25, -0.2) is 0 Å². The number of nitrogens with one attached hydrogen (secondary N) is 4. The first-order valence-corrected chi connectivity index (χ1v) is 38.4. The molecule has 16 aromatic rings. The molecule has 0 spiro atoms. The van der Waals surface area contributed by atoms with Crippen LogP contribution < -0.4 is 40.2 Å². The van der Waals surface area contributed by atoms with Gasteiger partial charge in [-0.05, 0) is 196 Å². The Kier molecular flexibility index (Phi) is 19.0. The van der Waals surface area contributed by atoms with E-state index < -0.39 is 5.97 Å². The predicted octanol–water partition coefficient (Wildman–Crippen LogP) is 22.2. The van der Waals surface area contributed by atoms with E-state index in [0.717, 1.165) is 97.0 Å². The van der Waals surface area contributed by atoms with Crippen molar-refractivity contribution in [1.82, 2.24) is 0 Å². The molecule has 0 aromatic heterocycles. The van der Waals surface area contributed by atoms with Gasteiger partial charge in [0.05, 0.1) is 26.4 Å². The van der Waals surface area contributed by atoms with Crippen LogP contribution in [-0.4, -0.2) is 61.1 Å². The van der Waals surface area contributed by atoms with Crippen LogP contribution in [0.15, 0.2) is 212 Å². The molecule has 0 saturated carbocycles. The Hall–Kier alpha value is -12.8. The van der Waals surface area contributed by atoms with Gasteiger partial charge in [-0.15, -0.1) is 0 Å². The number of rotatable bonds is 23. The molecule has 4 amide bonds. The van der Waals surface area contributed by atoms with Crippen molar-refractivity contribution in [2.24, 2.45) is 0 Å². The Morgan fingerprint density at radius 3 is 0.791 bits per heavy atom. The summed E-state index contributed by atoms with van der Waals surface area (Å²) < 4.78 is 28.4. The van der Waals surface area contributed by atoms with Crippen molar-refractivity contribution in [1.29, 1.82) is 0 Å². The van der Waals surface area contributed by atoms with Crippen LogP contribution >= 0.6 is 0 Å². The number of carboxylic acids is 1. The molecule has 0 unspecified atom stereocenters. The van der Waals surface area contributed by atoms with E-state index in [1.165, 1.54) is 0 Å². The molecular formula is C96H82N4O10. The van der Waals surface area contributed by atoms with Crippen LogP contribution in [0.3, 0.4) is 0 Å². The summed E-state index contributed by atoms with van der Waals surface area (Å²) in [6, 6.07) is 71.2. The Balaban J connectivity index is 0.881. The number of carbonyl (C=O) groups excluding carboxylic acids is 4.